The standard InChI is InChI=1S/C19H16F2N2O2S/c1-11(13-5-8-15(20)16(21)9-13)22-18(24)17-10-26-19(23-17)12-3-6-14(25-2)7-4-12/h3-11H,1-2H3,(H,22,24)/t11-/m1/s1. The van der Waals surface area contributed by atoms with E-state index in [1.807, 2.05) is 24.3 Å². The number of rotatable bonds is 5. The highest BCUT2D eigenvalue weighted by Crippen LogP contribution is 2.26. The molecular weight excluding hydrogens is 358 g/mol. The van der Waals surface area contributed by atoms with Crippen LogP contribution in [0.5, 0.6) is 5.75 Å². The number of carbonyl (C=O) groups excluding carboxylic acids is 1. The molecule has 1 N–H and O–H groups in total. The number of amides is 1. The van der Waals surface area contributed by atoms with Crippen molar-refractivity contribution in [2.24, 2.45) is 0 Å². The normalized spacial score (nSPS) is 11.8. The second-order valence-corrected chi connectivity index (χ2v) is 6.49. The maximum Gasteiger partial charge on any atom is 0.271 e. The smallest absolute Gasteiger partial charge is 0.271 e. The quantitative estimate of drug-likeness (QED) is 0.711. The number of aromatic nitrogens is 1. The molecule has 1 amide bonds. The molecule has 1 atom stereocenters. The Morgan fingerprint density at radius 1 is 1.15 bits per heavy atom. The number of hydrogen-bond acceptors (Lipinski definition) is 4. The Hall–Kier alpha value is -2.80. The van der Waals surface area contributed by atoms with E-state index >= 15 is 0 Å². The number of benzene rings is 2. The summed E-state index contributed by atoms with van der Waals surface area (Å²) in [6, 6.07) is 10.4. The lowest BCUT2D eigenvalue weighted by Crippen LogP contribution is -2.27. The fourth-order valence-corrected chi connectivity index (χ4v) is 3.19. The Labute approximate surface area is 153 Å². The van der Waals surface area contributed by atoms with E-state index in [4.69, 9.17) is 4.74 Å². The Kier molecular flexibility index (Phi) is 5.27. The van der Waals surface area contributed by atoms with Gasteiger partial charge in [0.25, 0.3) is 5.91 Å². The van der Waals surface area contributed by atoms with Gasteiger partial charge in [-0.3, -0.25) is 4.79 Å². The molecule has 1 aromatic heterocycles. The largest absolute Gasteiger partial charge is 0.497 e. The maximum absolute atomic E-state index is 13.3. The summed E-state index contributed by atoms with van der Waals surface area (Å²) in [6.45, 7) is 1.70. The van der Waals surface area contributed by atoms with E-state index in [0.29, 0.717) is 10.6 Å². The second-order valence-electron chi connectivity index (χ2n) is 5.64. The van der Waals surface area contributed by atoms with Gasteiger partial charge in [-0.25, -0.2) is 13.8 Å². The number of ether oxygens (including phenoxy) is 1. The first kappa shape index (κ1) is 18.0. The number of carbonyl (C=O) groups is 1. The number of halogens is 2. The molecule has 0 unspecified atom stereocenters. The Morgan fingerprint density at radius 3 is 2.54 bits per heavy atom. The van der Waals surface area contributed by atoms with E-state index in [1.54, 1.807) is 19.4 Å². The number of nitrogens with one attached hydrogen (secondary N) is 1. The molecule has 0 saturated heterocycles. The predicted octanol–water partition coefficient (Wildman–Crippen LogP) is 4.59. The van der Waals surface area contributed by atoms with E-state index < -0.39 is 17.7 Å². The lowest BCUT2D eigenvalue weighted by Gasteiger charge is -2.13. The molecule has 0 spiro atoms. The van der Waals surface area contributed by atoms with Crippen LogP contribution >= 0.6 is 11.3 Å². The molecule has 7 heteroatoms. The van der Waals surface area contributed by atoms with Crippen molar-refractivity contribution in [3.63, 3.8) is 0 Å². The maximum atomic E-state index is 13.3. The molecule has 1 heterocycles. The fourth-order valence-electron chi connectivity index (χ4n) is 2.38. The van der Waals surface area contributed by atoms with Gasteiger partial charge in [-0.1, -0.05) is 6.07 Å². The summed E-state index contributed by atoms with van der Waals surface area (Å²) < 4.78 is 31.5. The fraction of sp³-hybridized carbons (Fsp3) is 0.158. The highest BCUT2D eigenvalue weighted by atomic mass is 32.1. The minimum atomic E-state index is -0.945. The first-order valence-electron chi connectivity index (χ1n) is 7.83. The van der Waals surface area contributed by atoms with Gasteiger partial charge in [0, 0.05) is 10.9 Å². The van der Waals surface area contributed by atoms with Gasteiger partial charge in [-0.05, 0) is 48.9 Å². The summed E-state index contributed by atoms with van der Waals surface area (Å²) in [7, 11) is 1.59. The third kappa shape index (κ3) is 3.88. The third-order valence-electron chi connectivity index (χ3n) is 3.87. The molecule has 0 aliphatic heterocycles. The second kappa shape index (κ2) is 7.61. The van der Waals surface area contributed by atoms with Crippen LogP contribution in [0.3, 0.4) is 0 Å². The van der Waals surface area contributed by atoms with Crippen molar-refractivity contribution in [2.45, 2.75) is 13.0 Å². The highest BCUT2D eigenvalue weighted by Gasteiger charge is 2.16. The zero-order valence-corrected chi connectivity index (χ0v) is 14.9. The monoisotopic (exact) mass is 374 g/mol. The van der Waals surface area contributed by atoms with Crippen LogP contribution in [0.2, 0.25) is 0 Å². The first-order valence-corrected chi connectivity index (χ1v) is 8.71. The molecule has 0 aliphatic carbocycles. The molecule has 0 saturated carbocycles. The van der Waals surface area contributed by atoms with Gasteiger partial charge < -0.3 is 10.1 Å². The molecule has 0 aliphatic rings. The van der Waals surface area contributed by atoms with Crippen LogP contribution < -0.4 is 10.1 Å². The molecule has 2 aromatic carbocycles. The van der Waals surface area contributed by atoms with Crippen molar-refractivity contribution in [1.82, 2.24) is 10.3 Å². The van der Waals surface area contributed by atoms with Crippen LogP contribution in [0.25, 0.3) is 10.6 Å². The van der Waals surface area contributed by atoms with Crippen molar-refractivity contribution in [1.29, 1.82) is 0 Å². The summed E-state index contributed by atoms with van der Waals surface area (Å²) in [4.78, 5) is 16.7. The Morgan fingerprint density at radius 2 is 1.88 bits per heavy atom. The van der Waals surface area contributed by atoms with Crippen LogP contribution in [0.1, 0.15) is 29.0 Å². The van der Waals surface area contributed by atoms with E-state index in [0.717, 1.165) is 23.4 Å². The summed E-state index contributed by atoms with van der Waals surface area (Å²) in [6.07, 6.45) is 0. The minimum absolute atomic E-state index is 0.273. The molecule has 0 bridgehead atoms. The molecule has 4 nitrogen and oxygen atoms in total. The molecule has 3 aromatic rings. The minimum Gasteiger partial charge on any atom is -0.497 e. The molecule has 26 heavy (non-hydrogen) atoms. The van der Waals surface area contributed by atoms with Gasteiger partial charge in [0.05, 0.1) is 13.2 Å². The molecule has 3 rings (SSSR count). The summed E-state index contributed by atoms with van der Waals surface area (Å²) >= 11 is 1.35. The summed E-state index contributed by atoms with van der Waals surface area (Å²) in [5, 5.41) is 5.10. The topological polar surface area (TPSA) is 51.2 Å². The lowest BCUT2D eigenvalue weighted by atomic mass is 10.1. The van der Waals surface area contributed by atoms with Gasteiger partial charge in [-0.2, -0.15) is 0 Å². The van der Waals surface area contributed by atoms with Crippen molar-refractivity contribution >= 4 is 17.2 Å². The van der Waals surface area contributed by atoms with Crippen molar-refractivity contribution in [3.8, 4) is 16.3 Å². The summed E-state index contributed by atoms with van der Waals surface area (Å²) in [5.74, 6) is -1.50. The SMILES string of the molecule is COc1ccc(-c2nc(C(=O)N[C@H](C)c3ccc(F)c(F)c3)cs2)cc1. The van der Waals surface area contributed by atoms with E-state index in [-0.39, 0.29) is 11.6 Å². The predicted molar refractivity (Wildman–Crippen MR) is 96.3 cm³/mol. The molecule has 134 valence electrons. The van der Waals surface area contributed by atoms with E-state index in [9.17, 15) is 13.6 Å². The molecule has 0 radical (unpaired) electrons. The van der Waals surface area contributed by atoms with Crippen molar-refractivity contribution in [2.75, 3.05) is 7.11 Å². The number of thiazole rings is 1. The van der Waals surface area contributed by atoms with E-state index in [2.05, 4.69) is 10.3 Å². The third-order valence-corrected chi connectivity index (χ3v) is 4.76. The molecular formula is C19H16F2N2O2S. The van der Waals surface area contributed by atoms with Crippen molar-refractivity contribution in [3.05, 3.63) is 70.7 Å². The van der Waals surface area contributed by atoms with Crippen LogP contribution in [-0.4, -0.2) is 18.0 Å². The van der Waals surface area contributed by atoms with Gasteiger partial charge in [0.15, 0.2) is 11.6 Å². The molecule has 0 fully saturated rings. The van der Waals surface area contributed by atoms with Crippen LogP contribution in [-0.2, 0) is 0 Å². The van der Waals surface area contributed by atoms with Crippen LogP contribution in [0.15, 0.2) is 47.8 Å². The zero-order chi connectivity index (χ0) is 18.7. The average Bonchev–Trinajstić information content (AvgIpc) is 3.14. The van der Waals surface area contributed by atoms with Gasteiger partial charge in [0.2, 0.25) is 0 Å². The summed E-state index contributed by atoms with van der Waals surface area (Å²) in [5.41, 5.74) is 1.63. The van der Waals surface area contributed by atoms with Gasteiger partial charge >= 0.3 is 0 Å². The zero-order valence-electron chi connectivity index (χ0n) is 14.1. The van der Waals surface area contributed by atoms with Crippen LogP contribution in [0, 0.1) is 11.6 Å². The Balaban J connectivity index is 1.71. The number of hydrogen-bond donors (Lipinski definition) is 1. The van der Waals surface area contributed by atoms with Gasteiger partial charge in [0.1, 0.15) is 16.5 Å². The van der Waals surface area contributed by atoms with Crippen molar-refractivity contribution < 1.29 is 18.3 Å². The average molecular weight is 374 g/mol. The number of methoxy groups -OCH3 is 1. The first-order chi connectivity index (χ1) is 12.5. The highest BCUT2D eigenvalue weighted by molar-refractivity contribution is 7.13. The van der Waals surface area contributed by atoms with Gasteiger partial charge in [-0.15, -0.1) is 11.3 Å². The lowest BCUT2D eigenvalue weighted by molar-refractivity contribution is 0.0935. The van der Waals surface area contributed by atoms with Crippen LogP contribution in [0.4, 0.5) is 8.78 Å². The Bertz CT molecular complexity index is 926. The van der Waals surface area contributed by atoms with E-state index in [1.165, 1.54) is 17.4 Å². The number of nitrogens with zero attached hydrogens (tertiary/aromatic N) is 1.